The molecule has 158 valence electrons. The molecule has 0 bridgehead atoms. The first-order valence-corrected chi connectivity index (χ1v) is 9.03. The van der Waals surface area contributed by atoms with Gasteiger partial charge in [-0.2, -0.15) is 0 Å². The molecular weight excluding hydrogens is 390 g/mol. The van der Waals surface area contributed by atoms with Crippen LogP contribution in [0.1, 0.15) is 47.8 Å². The lowest BCUT2D eigenvalue weighted by Gasteiger charge is -2.13. The van der Waals surface area contributed by atoms with Gasteiger partial charge in [0.15, 0.2) is 6.61 Å². The molecule has 2 aromatic rings. The molecule has 1 N–H and O–H groups in total. The Morgan fingerprint density at radius 1 is 0.833 bits per heavy atom. The average Bonchev–Trinajstić information content (AvgIpc) is 2.70. The van der Waals surface area contributed by atoms with Crippen LogP contribution in [-0.4, -0.2) is 44.6 Å². The van der Waals surface area contributed by atoms with E-state index in [9.17, 15) is 19.2 Å². The molecule has 0 atom stereocenters. The number of amides is 1. The molecule has 0 aliphatic heterocycles. The Labute approximate surface area is 174 Å². The van der Waals surface area contributed by atoms with Crippen LogP contribution in [0.4, 0.5) is 5.69 Å². The van der Waals surface area contributed by atoms with Crippen LogP contribution in [0.15, 0.2) is 30.3 Å². The van der Waals surface area contributed by atoms with Crippen LogP contribution in [-0.2, 0) is 19.0 Å². The van der Waals surface area contributed by atoms with Crippen molar-refractivity contribution in [3.8, 4) is 0 Å². The molecule has 0 heterocycles. The van der Waals surface area contributed by atoms with Crippen LogP contribution in [0, 0.1) is 20.8 Å². The Kier molecular flexibility index (Phi) is 7.30. The van der Waals surface area contributed by atoms with Crippen LogP contribution < -0.4 is 5.32 Å². The van der Waals surface area contributed by atoms with Gasteiger partial charge in [0.05, 0.1) is 36.6 Å². The Hall–Kier alpha value is -3.68. The van der Waals surface area contributed by atoms with Gasteiger partial charge in [-0.05, 0) is 50.1 Å². The van der Waals surface area contributed by atoms with E-state index in [0.29, 0.717) is 5.56 Å². The van der Waals surface area contributed by atoms with E-state index < -0.39 is 30.4 Å². The number of rotatable bonds is 6. The van der Waals surface area contributed by atoms with Gasteiger partial charge in [-0.15, -0.1) is 0 Å². The third-order valence-electron chi connectivity index (χ3n) is 4.34. The van der Waals surface area contributed by atoms with Crippen molar-refractivity contribution < 1.29 is 33.4 Å². The van der Waals surface area contributed by atoms with E-state index in [1.54, 1.807) is 13.8 Å². The van der Waals surface area contributed by atoms with Crippen molar-refractivity contribution in [3.05, 3.63) is 63.7 Å². The van der Waals surface area contributed by atoms with E-state index in [1.165, 1.54) is 32.4 Å². The lowest BCUT2D eigenvalue weighted by molar-refractivity contribution is -0.119. The van der Waals surface area contributed by atoms with E-state index in [1.807, 2.05) is 19.1 Å². The van der Waals surface area contributed by atoms with Gasteiger partial charge < -0.3 is 19.5 Å². The number of nitrogens with one attached hydrogen (secondary N) is 1. The molecule has 0 spiro atoms. The summed E-state index contributed by atoms with van der Waals surface area (Å²) >= 11 is 0. The fourth-order valence-electron chi connectivity index (χ4n) is 3.07. The van der Waals surface area contributed by atoms with E-state index >= 15 is 0 Å². The number of esters is 3. The van der Waals surface area contributed by atoms with Gasteiger partial charge in [-0.1, -0.05) is 17.7 Å². The van der Waals surface area contributed by atoms with Crippen LogP contribution in [0.5, 0.6) is 0 Å². The van der Waals surface area contributed by atoms with Crippen LogP contribution in [0.2, 0.25) is 0 Å². The van der Waals surface area contributed by atoms with Crippen molar-refractivity contribution in [1.82, 2.24) is 0 Å². The second kappa shape index (κ2) is 9.69. The largest absolute Gasteiger partial charge is 0.465 e. The summed E-state index contributed by atoms with van der Waals surface area (Å²) in [7, 11) is 2.40. The number of hydrogen-bond acceptors (Lipinski definition) is 7. The molecule has 30 heavy (non-hydrogen) atoms. The molecule has 1 amide bonds. The van der Waals surface area contributed by atoms with Gasteiger partial charge in [0.25, 0.3) is 5.91 Å². The van der Waals surface area contributed by atoms with Crippen molar-refractivity contribution in [2.24, 2.45) is 0 Å². The summed E-state index contributed by atoms with van der Waals surface area (Å²) in [6, 6.07) is 7.69. The van der Waals surface area contributed by atoms with Crippen LogP contribution >= 0.6 is 0 Å². The smallest absolute Gasteiger partial charge is 0.339 e. The van der Waals surface area contributed by atoms with Crippen molar-refractivity contribution in [1.29, 1.82) is 0 Å². The monoisotopic (exact) mass is 413 g/mol. The number of anilines is 1. The fraction of sp³-hybridized carbons (Fsp3) is 0.273. The molecule has 0 saturated heterocycles. The third-order valence-corrected chi connectivity index (χ3v) is 4.34. The zero-order valence-corrected chi connectivity index (χ0v) is 17.5. The summed E-state index contributed by atoms with van der Waals surface area (Å²) < 4.78 is 14.5. The minimum absolute atomic E-state index is 0.0356. The fourth-order valence-corrected chi connectivity index (χ4v) is 3.07. The summed E-state index contributed by atoms with van der Waals surface area (Å²) in [5, 5.41) is 2.47. The van der Waals surface area contributed by atoms with E-state index in [0.717, 1.165) is 16.7 Å². The molecule has 0 aromatic heterocycles. The zero-order valence-electron chi connectivity index (χ0n) is 17.5. The number of methoxy groups -OCH3 is 2. The summed E-state index contributed by atoms with van der Waals surface area (Å²) in [5.74, 6) is -2.65. The van der Waals surface area contributed by atoms with Gasteiger partial charge in [0.1, 0.15) is 0 Å². The van der Waals surface area contributed by atoms with Crippen molar-refractivity contribution in [3.63, 3.8) is 0 Å². The molecule has 0 unspecified atom stereocenters. The number of aryl methyl sites for hydroxylation is 3. The highest BCUT2D eigenvalue weighted by Gasteiger charge is 2.19. The molecule has 0 aliphatic rings. The minimum atomic E-state index is -0.704. The number of hydrogen-bond donors (Lipinski definition) is 1. The van der Waals surface area contributed by atoms with Crippen molar-refractivity contribution in [2.45, 2.75) is 20.8 Å². The van der Waals surface area contributed by atoms with E-state index in [-0.39, 0.29) is 16.8 Å². The first kappa shape index (κ1) is 22.6. The molecular formula is C22H23NO7. The maximum absolute atomic E-state index is 12.4. The van der Waals surface area contributed by atoms with Crippen molar-refractivity contribution >= 4 is 29.5 Å². The second-order valence-electron chi connectivity index (χ2n) is 6.64. The first-order valence-electron chi connectivity index (χ1n) is 9.03. The standard InChI is InChI=1S/C22H23NO7/c1-12-8-13(2)19(14(3)9-12)22(27)30-11-18(24)23-17-10-15(20(25)28-4)6-7-16(17)21(26)29-5/h6-10H,11H2,1-5H3,(H,23,24). The Bertz CT molecular complexity index is 988. The van der Waals surface area contributed by atoms with Crippen LogP contribution in [0.3, 0.4) is 0 Å². The predicted molar refractivity (Wildman–Crippen MR) is 109 cm³/mol. The van der Waals surface area contributed by atoms with Gasteiger partial charge >= 0.3 is 17.9 Å². The summed E-state index contributed by atoms with van der Waals surface area (Å²) in [6.07, 6.45) is 0. The molecule has 8 nitrogen and oxygen atoms in total. The summed E-state index contributed by atoms with van der Waals surface area (Å²) in [4.78, 5) is 48.4. The highest BCUT2D eigenvalue weighted by Crippen LogP contribution is 2.20. The van der Waals surface area contributed by atoms with Crippen molar-refractivity contribution in [2.75, 3.05) is 26.1 Å². The maximum atomic E-state index is 12.4. The van der Waals surface area contributed by atoms with Gasteiger partial charge in [-0.25, -0.2) is 14.4 Å². The number of ether oxygens (including phenoxy) is 3. The number of carbonyl (C=O) groups excluding carboxylic acids is 4. The van der Waals surface area contributed by atoms with E-state index in [4.69, 9.17) is 4.74 Å². The topological polar surface area (TPSA) is 108 Å². The van der Waals surface area contributed by atoms with Crippen LogP contribution in [0.25, 0.3) is 0 Å². The molecule has 2 rings (SSSR count). The molecule has 8 heteroatoms. The van der Waals surface area contributed by atoms with Gasteiger partial charge in [-0.3, -0.25) is 4.79 Å². The van der Waals surface area contributed by atoms with E-state index in [2.05, 4.69) is 14.8 Å². The lowest BCUT2D eigenvalue weighted by Crippen LogP contribution is -2.23. The third kappa shape index (κ3) is 5.22. The first-order chi connectivity index (χ1) is 14.2. The quantitative estimate of drug-likeness (QED) is 0.573. The molecule has 0 fully saturated rings. The summed E-state index contributed by atoms with van der Waals surface area (Å²) in [6.45, 7) is 4.92. The molecule has 0 radical (unpaired) electrons. The molecule has 0 saturated carbocycles. The average molecular weight is 413 g/mol. The molecule has 0 aliphatic carbocycles. The minimum Gasteiger partial charge on any atom is -0.465 e. The maximum Gasteiger partial charge on any atom is 0.339 e. The Balaban J connectivity index is 2.16. The number of carbonyl (C=O) groups is 4. The number of benzene rings is 2. The van der Waals surface area contributed by atoms with Gasteiger partial charge in [0.2, 0.25) is 0 Å². The van der Waals surface area contributed by atoms with Gasteiger partial charge in [0, 0.05) is 0 Å². The highest BCUT2D eigenvalue weighted by molar-refractivity contribution is 6.04. The SMILES string of the molecule is COC(=O)c1ccc(C(=O)OC)c(NC(=O)COC(=O)c2c(C)cc(C)cc2C)c1. The molecule has 2 aromatic carbocycles. The predicted octanol–water partition coefficient (Wildman–Crippen LogP) is 2.98. The summed E-state index contributed by atoms with van der Waals surface area (Å²) in [5.41, 5.74) is 3.11. The highest BCUT2D eigenvalue weighted by atomic mass is 16.5. The lowest BCUT2D eigenvalue weighted by atomic mass is 10.00. The second-order valence-corrected chi connectivity index (χ2v) is 6.64. The Morgan fingerprint density at radius 2 is 1.43 bits per heavy atom. The zero-order chi connectivity index (χ0) is 22.4. The Morgan fingerprint density at radius 3 is 2.00 bits per heavy atom. The normalized spacial score (nSPS) is 10.2.